The molecule has 2 aromatic rings. The number of carbonyl (C=O) groups excluding carboxylic acids is 1. The number of ether oxygens (including phenoxy) is 1. The maximum Gasteiger partial charge on any atom is 0.224 e. The molecule has 0 aromatic heterocycles. The van der Waals surface area contributed by atoms with Crippen LogP contribution in [0.2, 0.25) is 0 Å². The first-order valence-electron chi connectivity index (χ1n) is 8.67. The quantitative estimate of drug-likeness (QED) is 0.739. The van der Waals surface area contributed by atoms with Gasteiger partial charge < -0.3 is 20.7 Å². The SMILES string of the molecule is COc1cccc(N2CCCC(NC(=O)Cc3ccc(N)cc3)C2)c1.Cl.Cl. The lowest BCUT2D eigenvalue weighted by atomic mass is 10.0. The second-order valence-corrected chi connectivity index (χ2v) is 6.47. The standard InChI is InChI=1S/C20H25N3O2.2ClH/c1-25-19-6-2-5-18(13-19)23-11-3-4-17(14-23)22-20(24)12-15-7-9-16(21)10-8-15;;/h2,5-10,13,17H,3-4,11-12,14,21H2,1H3,(H,22,24);2*1H. The lowest BCUT2D eigenvalue weighted by Crippen LogP contribution is -2.48. The van der Waals surface area contributed by atoms with Gasteiger partial charge in [0.15, 0.2) is 0 Å². The van der Waals surface area contributed by atoms with E-state index in [0.717, 1.165) is 42.9 Å². The summed E-state index contributed by atoms with van der Waals surface area (Å²) in [7, 11) is 1.68. The molecule has 1 atom stereocenters. The second-order valence-electron chi connectivity index (χ2n) is 6.47. The summed E-state index contributed by atoms with van der Waals surface area (Å²) in [6, 6.07) is 15.7. The number of nitrogens with one attached hydrogen (secondary N) is 1. The van der Waals surface area contributed by atoms with E-state index in [1.54, 1.807) is 7.11 Å². The molecule has 0 saturated carbocycles. The Morgan fingerprint density at radius 1 is 1.22 bits per heavy atom. The van der Waals surface area contributed by atoms with E-state index in [1.807, 2.05) is 42.5 Å². The molecule has 7 heteroatoms. The third-order valence-electron chi connectivity index (χ3n) is 4.55. The Labute approximate surface area is 173 Å². The molecule has 1 amide bonds. The minimum absolute atomic E-state index is 0. The summed E-state index contributed by atoms with van der Waals surface area (Å²) in [4.78, 5) is 14.6. The van der Waals surface area contributed by atoms with Crippen LogP contribution in [0.25, 0.3) is 0 Å². The molecule has 3 N–H and O–H groups in total. The minimum Gasteiger partial charge on any atom is -0.497 e. The summed E-state index contributed by atoms with van der Waals surface area (Å²) >= 11 is 0. The molecule has 27 heavy (non-hydrogen) atoms. The Morgan fingerprint density at radius 3 is 2.67 bits per heavy atom. The Morgan fingerprint density at radius 2 is 1.96 bits per heavy atom. The van der Waals surface area contributed by atoms with Crippen LogP contribution in [0.1, 0.15) is 18.4 Å². The highest BCUT2D eigenvalue weighted by Crippen LogP contribution is 2.24. The Kier molecular flexibility index (Phi) is 9.26. The van der Waals surface area contributed by atoms with Crippen molar-refractivity contribution in [2.24, 2.45) is 0 Å². The zero-order valence-electron chi connectivity index (χ0n) is 15.4. The number of nitrogens with zero attached hydrogens (tertiary/aromatic N) is 1. The van der Waals surface area contributed by atoms with Crippen LogP contribution in [0.3, 0.4) is 0 Å². The van der Waals surface area contributed by atoms with Crippen LogP contribution in [-0.2, 0) is 11.2 Å². The van der Waals surface area contributed by atoms with Crippen molar-refractivity contribution in [3.8, 4) is 5.75 Å². The van der Waals surface area contributed by atoms with Gasteiger partial charge in [0.2, 0.25) is 5.91 Å². The van der Waals surface area contributed by atoms with E-state index >= 15 is 0 Å². The van der Waals surface area contributed by atoms with E-state index in [1.165, 1.54) is 0 Å². The summed E-state index contributed by atoms with van der Waals surface area (Å²) in [6.45, 7) is 1.82. The molecule has 0 radical (unpaired) electrons. The third-order valence-corrected chi connectivity index (χ3v) is 4.55. The average Bonchev–Trinajstić information content (AvgIpc) is 2.64. The fourth-order valence-electron chi connectivity index (χ4n) is 3.24. The number of carbonyl (C=O) groups is 1. The van der Waals surface area contributed by atoms with Crippen LogP contribution in [0.15, 0.2) is 48.5 Å². The molecule has 1 unspecified atom stereocenters. The number of hydrogen-bond donors (Lipinski definition) is 2. The summed E-state index contributed by atoms with van der Waals surface area (Å²) < 4.78 is 5.31. The summed E-state index contributed by atoms with van der Waals surface area (Å²) in [6.07, 6.45) is 2.45. The molecule has 1 aliphatic rings. The molecule has 0 bridgehead atoms. The van der Waals surface area contributed by atoms with Crippen LogP contribution >= 0.6 is 24.8 Å². The van der Waals surface area contributed by atoms with Crippen LogP contribution < -0.4 is 20.7 Å². The molecule has 2 aromatic carbocycles. The highest BCUT2D eigenvalue weighted by Gasteiger charge is 2.22. The smallest absolute Gasteiger partial charge is 0.224 e. The van der Waals surface area contributed by atoms with Gasteiger partial charge in [-0.3, -0.25) is 4.79 Å². The van der Waals surface area contributed by atoms with Gasteiger partial charge in [0.05, 0.1) is 13.5 Å². The zero-order valence-corrected chi connectivity index (χ0v) is 17.0. The van der Waals surface area contributed by atoms with Gasteiger partial charge in [-0.25, -0.2) is 0 Å². The van der Waals surface area contributed by atoms with Crippen LogP contribution in [0.4, 0.5) is 11.4 Å². The van der Waals surface area contributed by atoms with E-state index in [9.17, 15) is 4.79 Å². The van der Waals surface area contributed by atoms with Gasteiger partial charge in [-0.2, -0.15) is 0 Å². The van der Waals surface area contributed by atoms with Crippen molar-refractivity contribution in [2.45, 2.75) is 25.3 Å². The summed E-state index contributed by atoms with van der Waals surface area (Å²) in [5.41, 5.74) is 8.51. The van der Waals surface area contributed by atoms with Crippen molar-refractivity contribution in [1.82, 2.24) is 5.32 Å². The number of anilines is 2. The predicted octanol–water partition coefficient (Wildman–Crippen LogP) is 3.45. The number of halogens is 2. The molecule has 148 valence electrons. The van der Waals surface area contributed by atoms with Crippen molar-refractivity contribution in [1.29, 1.82) is 0 Å². The molecule has 3 rings (SSSR count). The normalized spacial score (nSPS) is 15.9. The molecule has 1 saturated heterocycles. The predicted molar refractivity (Wildman–Crippen MR) is 115 cm³/mol. The third kappa shape index (κ3) is 6.52. The number of nitrogens with two attached hydrogens (primary N) is 1. The highest BCUT2D eigenvalue weighted by atomic mass is 35.5. The van der Waals surface area contributed by atoms with Gasteiger partial charge in [0, 0.05) is 36.6 Å². The molecular weight excluding hydrogens is 385 g/mol. The molecule has 0 aliphatic carbocycles. The lowest BCUT2D eigenvalue weighted by Gasteiger charge is -2.35. The minimum atomic E-state index is 0. The van der Waals surface area contributed by atoms with E-state index in [-0.39, 0.29) is 36.8 Å². The van der Waals surface area contributed by atoms with Gasteiger partial charge in [-0.1, -0.05) is 18.2 Å². The Balaban J connectivity index is 0.00000182. The van der Waals surface area contributed by atoms with E-state index in [4.69, 9.17) is 10.5 Å². The number of rotatable bonds is 5. The fraction of sp³-hybridized carbons (Fsp3) is 0.350. The lowest BCUT2D eigenvalue weighted by molar-refractivity contribution is -0.121. The molecular formula is C20H27Cl2N3O2. The monoisotopic (exact) mass is 411 g/mol. The number of hydrogen-bond acceptors (Lipinski definition) is 4. The largest absolute Gasteiger partial charge is 0.497 e. The van der Waals surface area contributed by atoms with Crippen molar-refractivity contribution >= 4 is 42.1 Å². The number of nitrogen functional groups attached to an aromatic ring is 1. The Hall–Kier alpha value is -2.11. The average molecular weight is 412 g/mol. The number of methoxy groups -OCH3 is 1. The number of amides is 1. The zero-order chi connectivity index (χ0) is 17.6. The van der Waals surface area contributed by atoms with Gasteiger partial charge in [-0.15, -0.1) is 24.8 Å². The van der Waals surface area contributed by atoms with Crippen LogP contribution in [0, 0.1) is 0 Å². The van der Waals surface area contributed by atoms with Gasteiger partial charge >= 0.3 is 0 Å². The Bertz CT molecular complexity index is 725. The summed E-state index contributed by atoms with van der Waals surface area (Å²) in [5, 5.41) is 3.17. The second kappa shape index (κ2) is 10.9. The van der Waals surface area contributed by atoms with E-state index in [2.05, 4.69) is 16.3 Å². The first kappa shape index (κ1) is 22.9. The van der Waals surface area contributed by atoms with Gasteiger partial charge in [0.1, 0.15) is 5.75 Å². The van der Waals surface area contributed by atoms with Crippen molar-refractivity contribution in [3.63, 3.8) is 0 Å². The maximum atomic E-state index is 12.3. The van der Waals surface area contributed by atoms with Crippen molar-refractivity contribution in [2.75, 3.05) is 30.8 Å². The molecule has 1 heterocycles. The molecule has 1 fully saturated rings. The molecule has 1 aliphatic heterocycles. The van der Waals surface area contributed by atoms with Crippen molar-refractivity contribution < 1.29 is 9.53 Å². The van der Waals surface area contributed by atoms with Gasteiger partial charge in [-0.05, 0) is 42.7 Å². The summed E-state index contributed by atoms with van der Waals surface area (Å²) in [5.74, 6) is 0.911. The maximum absolute atomic E-state index is 12.3. The highest BCUT2D eigenvalue weighted by molar-refractivity contribution is 5.85. The first-order valence-corrected chi connectivity index (χ1v) is 8.67. The van der Waals surface area contributed by atoms with Crippen LogP contribution in [0.5, 0.6) is 5.75 Å². The van der Waals surface area contributed by atoms with E-state index < -0.39 is 0 Å². The topological polar surface area (TPSA) is 67.6 Å². The van der Waals surface area contributed by atoms with Crippen LogP contribution in [-0.4, -0.2) is 32.1 Å². The molecule has 0 spiro atoms. The molecule has 5 nitrogen and oxygen atoms in total. The fourth-order valence-corrected chi connectivity index (χ4v) is 3.24. The number of benzene rings is 2. The van der Waals surface area contributed by atoms with Gasteiger partial charge in [0.25, 0.3) is 0 Å². The first-order chi connectivity index (χ1) is 12.1. The van der Waals surface area contributed by atoms with Crippen molar-refractivity contribution in [3.05, 3.63) is 54.1 Å². The van der Waals surface area contributed by atoms with E-state index in [0.29, 0.717) is 12.1 Å². The number of piperidine rings is 1.